The highest BCUT2D eigenvalue weighted by atomic mass is 16.3. The van der Waals surface area contributed by atoms with E-state index in [9.17, 15) is 5.11 Å². The molecule has 0 radical (unpaired) electrons. The Morgan fingerprint density at radius 2 is 1.50 bits per heavy atom. The Balaban J connectivity index is 1.47. The molecule has 0 bridgehead atoms. The van der Waals surface area contributed by atoms with E-state index in [2.05, 4.69) is 34.6 Å². The molecule has 4 fully saturated rings. The van der Waals surface area contributed by atoms with Crippen molar-refractivity contribution in [1.82, 2.24) is 0 Å². The molecule has 0 spiro atoms. The van der Waals surface area contributed by atoms with E-state index in [0.29, 0.717) is 16.7 Å². The van der Waals surface area contributed by atoms with Crippen LogP contribution in [0.4, 0.5) is 0 Å². The van der Waals surface area contributed by atoms with Gasteiger partial charge in [0, 0.05) is 0 Å². The van der Waals surface area contributed by atoms with Crippen LogP contribution in [0.3, 0.4) is 0 Å². The van der Waals surface area contributed by atoms with E-state index in [1.807, 2.05) is 0 Å². The van der Waals surface area contributed by atoms with Crippen molar-refractivity contribution in [3.05, 3.63) is 0 Å². The van der Waals surface area contributed by atoms with Crippen molar-refractivity contribution in [2.45, 2.75) is 118 Å². The molecule has 4 aliphatic carbocycles. The molecule has 1 nitrogen and oxygen atoms in total. The highest BCUT2D eigenvalue weighted by Crippen LogP contribution is 2.68. The van der Waals surface area contributed by atoms with Gasteiger partial charge >= 0.3 is 0 Å². The molecule has 4 saturated carbocycles. The lowest BCUT2D eigenvalue weighted by Crippen LogP contribution is -2.55. The van der Waals surface area contributed by atoms with Crippen molar-refractivity contribution in [2.24, 2.45) is 52.3 Å². The summed E-state index contributed by atoms with van der Waals surface area (Å²) in [5.41, 5.74) is 1.04. The quantitative estimate of drug-likeness (QED) is 0.518. The lowest BCUT2D eigenvalue weighted by molar-refractivity contribution is -0.145. The van der Waals surface area contributed by atoms with Crippen LogP contribution in [0.1, 0.15) is 112 Å². The van der Waals surface area contributed by atoms with Crippen LogP contribution in [0, 0.1) is 52.3 Å². The van der Waals surface area contributed by atoms with E-state index in [4.69, 9.17) is 0 Å². The van der Waals surface area contributed by atoms with Gasteiger partial charge in [-0.05, 0) is 104 Å². The molecule has 4 rings (SSSR count). The van der Waals surface area contributed by atoms with Crippen molar-refractivity contribution >= 4 is 0 Å². The molecule has 1 heteroatoms. The van der Waals surface area contributed by atoms with Crippen molar-refractivity contribution in [1.29, 1.82) is 0 Å². The Hall–Kier alpha value is -0.0400. The maximum Gasteiger partial charge on any atom is 0.0573 e. The normalized spacial score (nSPS) is 49.4. The molecule has 0 amide bonds. The monoisotopic (exact) mass is 388 g/mol. The highest BCUT2D eigenvalue weighted by molar-refractivity contribution is 5.10. The minimum atomic E-state index is -0.00897. The fourth-order valence-corrected chi connectivity index (χ4v) is 9.41. The predicted molar refractivity (Wildman–Crippen MR) is 119 cm³/mol. The minimum absolute atomic E-state index is 0.00897. The van der Waals surface area contributed by atoms with Gasteiger partial charge in [-0.3, -0.25) is 0 Å². The van der Waals surface area contributed by atoms with Gasteiger partial charge in [-0.25, -0.2) is 0 Å². The molecule has 9 atom stereocenters. The zero-order valence-corrected chi connectivity index (χ0v) is 19.6. The first-order chi connectivity index (χ1) is 13.3. The maximum atomic E-state index is 10.7. The van der Waals surface area contributed by atoms with Crippen LogP contribution < -0.4 is 0 Å². The third-order valence-electron chi connectivity index (χ3n) is 10.8. The highest BCUT2D eigenvalue weighted by Gasteiger charge is 2.61. The Bertz CT molecular complexity index is 540. The van der Waals surface area contributed by atoms with Crippen LogP contribution in [-0.4, -0.2) is 11.2 Å². The number of hydrogen-bond acceptors (Lipinski definition) is 1. The topological polar surface area (TPSA) is 20.2 Å². The first-order valence-corrected chi connectivity index (χ1v) is 13.0. The maximum absolute atomic E-state index is 10.7. The minimum Gasteiger partial charge on any atom is -0.393 e. The van der Waals surface area contributed by atoms with Gasteiger partial charge in [-0.15, -0.1) is 0 Å². The molecule has 0 aromatic heterocycles. The largest absolute Gasteiger partial charge is 0.393 e. The number of hydrogen-bond donors (Lipinski definition) is 1. The molecule has 0 saturated heterocycles. The third-order valence-corrected chi connectivity index (χ3v) is 10.8. The molecule has 162 valence electrons. The fraction of sp³-hybridized carbons (Fsp3) is 1.00. The summed E-state index contributed by atoms with van der Waals surface area (Å²) in [6, 6.07) is 0. The van der Waals surface area contributed by atoms with Gasteiger partial charge in [0.25, 0.3) is 0 Å². The Labute approximate surface area is 175 Å². The number of rotatable bonds is 5. The van der Waals surface area contributed by atoms with Gasteiger partial charge in [-0.1, -0.05) is 60.3 Å². The van der Waals surface area contributed by atoms with Gasteiger partial charge in [0.15, 0.2) is 0 Å². The number of aliphatic hydroxyl groups excluding tert-OH is 1. The second-order valence-electron chi connectivity index (χ2n) is 12.6. The first kappa shape index (κ1) is 21.2. The van der Waals surface area contributed by atoms with Crippen LogP contribution in [-0.2, 0) is 0 Å². The van der Waals surface area contributed by atoms with Gasteiger partial charge < -0.3 is 5.11 Å². The molecule has 0 aliphatic heterocycles. The number of fused-ring (bicyclic) bond motifs is 5. The lowest BCUT2D eigenvalue weighted by Gasteiger charge is -2.61. The van der Waals surface area contributed by atoms with Crippen molar-refractivity contribution in [3.8, 4) is 0 Å². The lowest BCUT2D eigenvalue weighted by atomic mass is 9.44. The second-order valence-corrected chi connectivity index (χ2v) is 12.6. The summed E-state index contributed by atoms with van der Waals surface area (Å²) >= 11 is 0. The molecule has 1 N–H and O–H groups in total. The summed E-state index contributed by atoms with van der Waals surface area (Å²) in [5.74, 6) is 6.16. The van der Waals surface area contributed by atoms with Crippen LogP contribution in [0.15, 0.2) is 0 Å². The summed E-state index contributed by atoms with van der Waals surface area (Å²) in [4.78, 5) is 0. The first-order valence-electron chi connectivity index (χ1n) is 13.0. The average Bonchev–Trinajstić information content (AvgIpc) is 2.98. The summed E-state index contributed by atoms with van der Waals surface area (Å²) < 4.78 is 0. The van der Waals surface area contributed by atoms with Crippen LogP contribution in [0.25, 0.3) is 0 Å². The predicted octanol–water partition coefficient (Wildman–Crippen LogP) is 7.47. The van der Waals surface area contributed by atoms with Gasteiger partial charge in [0.05, 0.1) is 6.10 Å². The van der Waals surface area contributed by atoms with E-state index >= 15 is 0 Å². The van der Waals surface area contributed by atoms with E-state index in [0.717, 1.165) is 41.9 Å². The van der Waals surface area contributed by atoms with E-state index in [1.54, 1.807) is 0 Å². The van der Waals surface area contributed by atoms with Crippen molar-refractivity contribution in [3.63, 3.8) is 0 Å². The summed E-state index contributed by atoms with van der Waals surface area (Å²) in [5, 5.41) is 10.7. The van der Waals surface area contributed by atoms with E-state index in [1.165, 1.54) is 70.6 Å². The average molecular weight is 389 g/mol. The van der Waals surface area contributed by atoms with E-state index in [-0.39, 0.29) is 6.10 Å². The summed E-state index contributed by atoms with van der Waals surface area (Å²) in [6.07, 6.45) is 16.6. The van der Waals surface area contributed by atoms with Crippen LogP contribution in [0.5, 0.6) is 0 Å². The Morgan fingerprint density at radius 3 is 2.25 bits per heavy atom. The number of aliphatic hydroxyl groups is 1. The molecular weight excluding hydrogens is 340 g/mol. The van der Waals surface area contributed by atoms with Crippen LogP contribution in [0.2, 0.25) is 0 Å². The molecule has 0 aromatic carbocycles. The second kappa shape index (κ2) is 7.90. The molecular formula is C27H48O. The third kappa shape index (κ3) is 3.40. The SMILES string of the molecule is CC(C)CCC[C@@H](C)C1CCC2C3CC[C@H]4C(O)CCCC4(C)C3CCC21C. The van der Waals surface area contributed by atoms with Crippen LogP contribution >= 0.6 is 0 Å². The smallest absolute Gasteiger partial charge is 0.0573 e. The van der Waals surface area contributed by atoms with Gasteiger partial charge in [0.1, 0.15) is 0 Å². The fourth-order valence-electron chi connectivity index (χ4n) is 9.41. The Kier molecular flexibility index (Phi) is 5.98. The molecule has 28 heavy (non-hydrogen) atoms. The van der Waals surface area contributed by atoms with Crippen molar-refractivity contribution in [2.75, 3.05) is 0 Å². The molecule has 0 aromatic rings. The summed E-state index contributed by atoms with van der Waals surface area (Å²) in [7, 11) is 0. The zero-order chi connectivity index (χ0) is 20.1. The van der Waals surface area contributed by atoms with Crippen molar-refractivity contribution < 1.29 is 5.11 Å². The Morgan fingerprint density at radius 1 is 0.786 bits per heavy atom. The van der Waals surface area contributed by atoms with E-state index < -0.39 is 0 Å². The van der Waals surface area contributed by atoms with Gasteiger partial charge in [-0.2, -0.15) is 0 Å². The van der Waals surface area contributed by atoms with Gasteiger partial charge in [0.2, 0.25) is 0 Å². The summed E-state index contributed by atoms with van der Waals surface area (Å²) in [6.45, 7) is 12.6. The molecule has 7 unspecified atom stereocenters. The molecule has 4 aliphatic rings. The standard InChI is InChI=1S/C27H48O/c1-18(2)8-6-9-19(3)21-13-14-22-20-11-12-24-25(28)10-7-16-26(24,4)23(20)15-17-27(21,22)5/h18-25,28H,6-17H2,1-5H3/t19-,20?,21?,22?,23?,24+,25?,26?,27?/m1/s1. The molecule has 0 heterocycles. The zero-order valence-electron chi connectivity index (χ0n) is 19.6.